The molecule has 194 valence electrons. The molecule has 0 aliphatic carbocycles. The number of hydrogen-bond acceptors (Lipinski definition) is 4. The summed E-state index contributed by atoms with van der Waals surface area (Å²) < 4.78 is 11.9. The van der Waals surface area contributed by atoms with Gasteiger partial charge in [0, 0.05) is 26.1 Å². The van der Waals surface area contributed by atoms with E-state index in [9.17, 15) is 9.59 Å². The van der Waals surface area contributed by atoms with Gasteiger partial charge in [0.1, 0.15) is 18.1 Å². The zero-order valence-corrected chi connectivity index (χ0v) is 22.0. The van der Waals surface area contributed by atoms with Crippen LogP contribution in [0.1, 0.15) is 77.7 Å². The van der Waals surface area contributed by atoms with Crippen LogP contribution in [-0.4, -0.2) is 41.2 Å². The van der Waals surface area contributed by atoms with Crippen molar-refractivity contribution in [3.63, 3.8) is 0 Å². The molecule has 0 spiro atoms. The van der Waals surface area contributed by atoms with Crippen LogP contribution in [0, 0.1) is 12.8 Å². The lowest BCUT2D eigenvalue weighted by atomic mass is 9.87. The Morgan fingerprint density at radius 3 is 2.49 bits per heavy atom. The Labute approximate surface area is 219 Å². The van der Waals surface area contributed by atoms with Gasteiger partial charge in [0.2, 0.25) is 5.91 Å². The molecule has 0 saturated carbocycles. The van der Waals surface area contributed by atoms with Crippen molar-refractivity contribution >= 4 is 11.8 Å². The molecule has 1 unspecified atom stereocenters. The lowest BCUT2D eigenvalue weighted by molar-refractivity contribution is -0.134. The fourth-order valence-corrected chi connectivity index (χ4v) is 5.33. The monoisotopic (exact) mass is 500 g/mol. The molecule has 2 aliphatic rings. The topological polar surface area (TPSA) is 63.0 Å². The van der Waals surface area contributed by atoms with Gasteiger partial charge < -0.3 is 19.0 Å². The normalized spacial score (nSPS) is 17.2. The molecule has 1 saturated heterocycles. The van der Waals surface area contributed by atoms with E-state index in [1.165, 1.54) is 11.1 Å². The van der Waals surface area contributed by atoms with Crippen molar-refractivity contribution in [2.45, 2.75) is 59.1 Å². The summed E-state index contributed by atoms with van der Waals surface area (Å²) in [6.07, 6.45) is 3.45. The van der Waals surface area contributed by atoms with Gasteiger partial charge in [0.25, 0.3) is 5.91 Å². The molecule has 1 aromatic heterocycles. The van der Waals surface area contributed by atoms with Gasteiger partial charge in [-0.2, -0.15) is 0 Å². The van der Waals surface area contributed by atoms with Crippen LogP contribution < -0.4 is 4.74 Å². The van der Waals surface area contributed by atoms with Crippen molar-refractivity contribution in [3.05, 3.63) is 88.4 Å². The Bertz CT molecular complexity index is 1250. The van der Waals surface area contributed by atoms with E-state index >= 15 is 0 Å². The van der Waals surface area contributed by atoms with Crippen LogP contribution in [-0.2, 0) is 17.8 Å². The fraction of sp³-hybridized carbons (Fsp3) is 0.419. The van der Waals surface area contributed by atoms with E-state index in [0.29, 0.717) is 30.4 Å². The van der Waals surface area contributed by atoms with E-state index < -0.39 is 0 Å². The van der Waals surface area contributed by atoms with Gasteiger partial charge in [-0.05, 0) is 73.1 Å². The van der Waals surface area contributed by atoms with Crippen LogP contribution in [0.5, 0.6) is 5.75 Å². The molecule has 37 heavy (non-hydrogen) atoms. The first-order valence-corrected chi connectivity index (χ1v) is 13.4. The predicted molar refractivity (Wildman–Crippen MR) is 143 cm³/mol. The van der Waals surface area contributed by atoms with Gasteiger partial charge in [0.15, 0.2) is 5.76 Å². The van der Waals surface area contributed by atoms with Crippen molar-refractivity contribution in [1.29, 1.82) is 0 Å². The van der Waals surface area contributed by atoms with Crippen LogP contribution in [0.2, 0.25) is 0 Å². The minimum atomic E-state index is -0.146. The van der Waals surface area contributed by atoms with Gasteiger partial charge >= 0.3 is 0 Å². The molecule has 0 N–H and O–H groups in total. The second-order valence-electron chi connectivity index (χ2n) is 10.7. The average molecular weight is 501 g/mol. The molecule has 6 nitrogen and oxygen atoms in total. The van der Waals surface area contributed by atoms with Crippen molar-refractivity contribution in [2.24, 2.45) is 5.92 Å². The number of likely N-dealkylation sites (tertiary alicyclic amines) is 1. The summed E-state index contributed by atoms with van der Waals surface area (Å²) in [5, 5.41) is 0. The lowest BCUT2D eigenvalue weighted by Crippen LogP contribution is -2.41. The van der Waals surface area contributed by atoms with Gasteiger partial charge in [-0.15, -0.1) is 0 Å². The minimum Gasteiger partial charge on any atom is -0.486 e. The number of fused-ring (bicyclic) bond motifs is 1. The maximum absolute atomic E-state index is 13.3. The fourth-order valence-electron chi connectivity index (χ4n) is 5.33. The number of aryl methyl sites for hydroxylation is 1. The third-order valence-corrected chi connectivity index (χ3v) is 7.29. The average Bonchev–Trinajstić information content (AvgIpc) is 3.59. The summed E-state index contributed by atoms with van der Waals surface area (Å²) in [7, 11) is 0. The Hall–Kier alpha value is -3.54. The first-order valence-electron chi connectivity index (χ1n) is 13.4. The van der Waals surface area contributed by atoms with Crippen LogP contribution in [0.3, 0.4) is 0 Å². The molecular weight excluding hydrogens is 464 g/mol. The molecule has 5 rings (SSSR count). The van der Waals surface area contributed by atoms with Crippen molar-refractivity contribution in [1.82, 2.24) is 9.80 Å². The Morgan fingerprint density at radius 2 is 1.76 bits per heavy atom. The van der Waals surface area contributed by atoms with Gasteiger partial charge in [0.05, 0.1) is 6.04 Å². The van der Waals surface area contributed by atoms with Gasteiger partial charge in [-0.3, -0.25) is 9.59 Å². The highest BCUT2D eigenvalue weighted by Gasteiger charge is 2.32. The molecule has 2 aromatic carbocycles. The van der Waals surface area contributed by atoms with E-state index in [-0.39, 0.29) is 24.5 Å². The molecule has 1 atom stereocenters. The molecule has 6 heteroatoms. The Morgan fingerprint density at radius 1 is 1.00 bits per heavy atom. The number of hydrogen-bond donors (Lipinski definition) is 0. The Balaban J connectivity index is 1.37. The number of carbonyl (C=O) groups is 2. The molecule has 1 fully saturated rings. The standard InChI is InChI=1S/C31H36N2O4/c1-21(2)18-29(34)33-17-14-23-10-11-25(19-27(23)30(33)24-8-6-22(3)7-9-24)36-20-26-12-13-28(37-26)31(35)32-15-4-5-16-32/h6-13,19,21,30H,4-5,14-18,20H2,1-3H3. The third kappa shape index (κ3) is 5.58. The zero-order valence-electron chi connectivity index (χ0n) is 22.0. The van der Waals surface area contributed by atoms with E-state index in [1.54, 1.807) is 6.07 Å². The molecular formula is C31H36N2O4. The maximum Gasteiger partial charge on any atom is 0.289 e. The van der Waals surface area contributed by atoms with E-state index in [2.05, 4.69) is 57.2 Å². The summed E-state index contributed by atoms with van der Waals surface area (Å²) in [5.41, 5.74) is 4.65. The predicted octanol–water partition coefficient (Wildman–Crippen LogP) is 5.92. The first kappa shape index (κ1) is 25.1. The zero-order chi connectivity index (χ0) is 25.9. The first-order chi connectivity index (χ1) is 17.9. The summed E-state index contributed by atoms with van der Waals surface area (Å²) in [5.74, 6) is 2.14. The number of amides is 2. The molecule has 3 heterocycles. The number of benzene rings is 2. The maximum atomic E-state index is 13.3. The number of furan rings is 1. The summed E-state index contributed by atoms with van der Waals surface area (Å²) in [6.45, 7) is 8.77. The van der Waals surface area contributed by atoms with Crippen LogP contribution in [0.15, 0.2) is 59.0 Å². The molecule has 3 aromatic rings. The molecule has 0 bridgehead atoms. The van der Waals surface area contributed by atoms with Gasteiger partial charge in [-0.25, -0.2) is 0 Å². The largest absolute Gasteiger partial charge is 0.486 e. The smallest absolute Gasteiger partial charge is 0.289 e. The third-order valence-electron chi connectivity index (χ3n) is 7.29. The molecule has 2 aliphatic heterocycles. The SMILES string of the molecule is Cc1ccc(C2c3cc(OCc4ccc(C(=O)N5CCCC5)o4)ccc3CCN2C(=O)CC(C)C)cc1. The second kappa shape index (κ2) is 10.8. The van der Waals surface area contributed by atoms with Crippen molar-refractivity contribution in [2.75, 3.05) is 19.6 Å². The van der Waals surface area contributed by atoms with E-state index in [4.69, 9.17) is 9.15 Å². The van der Waals surface area contributed by atoms with Crippen LogP contribution in [0.4, 0.5) is 0 Å². The van der Waals surface area contributed by atoms with Crippen molar-refractivity contribution in [3.8, 4) is 5.75 Å². The van der Waals surface area contributed by atoms with Gasteiger partial charge in [-0.1, -0.05) is 49.7 Å². The number of ether oxygens (including phenoxy) is 1. The highest BCUT2D eigenvalue weighted by atomic mass is 16.5. The minimum absolute atomic E-state index is 0.0513. The highest BCUT2D eigenvalue weighted by Crippen LogP contribution is 2.38. The Kier molecular flexibility index (Phi) is 7.36. The summed E-state index contributed by atoms with van der Waals surface area (Å²) >= 11 is 0. The lowest BCUT2D eigenvalue weighted by Gasteiger charge is -2.38. The number of carbonyl (C=O) groups excluding carboxylic acids is 2. The highest BCUT2D eigenvalue weighted by molar-refractivity contribution is 5.91. The number of nitrogens with zero attached hydrogens (tertiary/aromatic N) is 2. The molecule has 2 amide bonds. The number of rotatable bonds is 7. The molecule has 0 radical (unpaired) electrons. The van der Waals surface area contributed by atoms with Crippen molar-refractivity contribution < 1.29 is 18.7 Å². The summed E-state index contributed by atoms with van der Waals surface area (Å²) in [6, 6.07) is 18.0. The quantitative estimate of drug-likeness (QED) is 0.404. The van der Waals surface area contributed by atoms with E-state index in [1.807, 2.05) is 21.9 Å². The van der Waals surface area contributed by atoms with E-state index in [0.717, 1.165) is 49.2 Å². The van der Waals surface area contributed by atoms with Crippen LogP contribution in [0.25, 0.3) is 0 Å². The second-order valence-corrected chi connectivity index (χ2v) is 10.7. The summed E-state index contributed by atoms with van der Waals surface area (Å²) in [4.78, 5) is 29.7. The van der Waals surface area contributed by atoms with Crippen LogP contribution >= 0.6 is 0 Å².